The van der Waals surface area contributed by atoms with Crippen molar-refractivity contribution < 1.29 is 14.3 Å². The third kappa shape index (κ3) is 4.97. The predicted octanol–water partition coefficient (Wildman–Crippen LogP) is 3.80. The zero-order chi connectivity index (χ0) is 23.0. The van der Waals surface area contributed by atoms with E-state index in [0.717, 1.165) is 23.5 Å². The quantitative estimate of drug-likeness (QED) is 0.744. The molecule has 4 rings (SSSR count). The van der Waals surface area contributed by atoms with Crippen LogP contribution in [0.3, 0.4) is 0 Å². The van der Waals surface area contributed by atoms with Gasteiger partial charge in [-0.05, 0) is 63.1 Å². The Morgan fingerprint density at radius 2 is 1.81 bits per heavy atom. The van der Waals surface area contributed by atoms with E-state index in [-0.39, 0.29) is 29.8 Å². The molecular weight excluding hydrogens is 404 g/mol. The number of fused-ring (bicyclic) bond motifs is 1. The fraction of sp³-hybridized carbons (Fsp3) is 0.560. The van der Waals surface area contributed by atoms with Gasteiger partial charge in [0.15, 0.2) is 0 Å². The Hall–Kier alpha value is -2.83. The summed E-state index contributed by atoms with van der Waals surface area (Å²) >= 11 is 0. The lowest BCUT2D eigenvalue weighted by Crippen LogP contribution is -2.38. The molecule has 1 saturated carbocycles. The number of likely N-dealkylation sites (tertiary alicyclic amines) is 1. The van der Waals surface area contributed by atoms with Gasteiger partial charge >= 0.3 is 6.09 Å². The highest BCUT2D eigenvalue weighted by Crippen LogP contribution is 2.52. The lowest BCUT2D eigenvalue weighted by atomic mass is 10.1. The Bertz CT molecular complexity index is 965. The van der Waals surface area contributed by atoms with Crippen molar-refractivity contribution in [2.75, 3.05) is 13.1 Å². The first-order chi connectivity index (χ1) is 15.1. The fourth-order valence-corrected chi connectivity index (χ4v) is 4.60. The molecule has 7 heteroatoms. The smallest absolute Gasteiger partial charge is 0.410 e. The molecule has 2 atom stereocenters. The van der Waals surface area contributed by atoms with E-state index < -0.39 is 5.60 Å². The summed E-state index contributed by atoms with van der Waals surface area (Å²) in [4.78, 5) is 26.7. The number of piperidine rings is 1. The number of hydrogen-bond donors (Lipinski definition) is 1. The number of carbonyl (C=O) groups excluding carboxylic acids is 2. The summed E-state index contributed by atoms with van der Waals surface area (Å²) in [5.74, 6) is 1.03. The first kappa shape index (κ1) is 22.4. The largest absolute Gasteiger partial charge is 0.444 e. The van der Waals surface area contributed by atoms with E-state index in [4.69, 9.17) is 9.84 Å². The van der Waals surface area contributed by atoms with Crippen molar-refractivity contribution >= 4 is 12.0 Å². The molecule has 1 aromatic carbocycles. The van der Waals surface area contributed by atoms with Crippen LogP contribution in [0.15, 0.2) is 36.4 Å². The molecule has 1 N–H and O–H groups in total. The third-order valence-electron chi connectivity index (χ3n) is 6.04. The number of rotatable bonds is 6. The molecule has 1 saturated heterocycles. The van der Waals surface area contributed by atoms with Crippen LogP contribution in [-0.2, 0) is 22.5 Å². The minimum atomic E-state index is -0.502. The Morgan fingerprint density at radius 3 is 2.41 bits per heavy atom. The predicted molar refractivity (Wildman–Crippen MR) is 122 cm³/mol. The second-order valence-corrected chi connectivity index (χ2v) is 10.4. The van der Waals surface area contributed by atoms with E-state index in [1.807, 2.05) is 55.8 Å². The molecule has 0 spiro atoms. The van der Waals surface area contributed by atoms with Crippen LogP contribution in [0.4, 0.5) is 4.79 Å². The maximum atomic E-state index is 12.8. The van der Waals surface area contributed by atoms with E-state index in [1.165, 1.54) is 0 Å². The zero-order valence-electron chi connectivity index (χ0n) is 19.7. The fourth-order valence-electron chi connectivity index (χ4n) is 4.60. The monoisotopic (exact) mass is 438 g/mol. The van der Waals surface area contributed by atoms with Gasteiger partial charge in [0, 0.05) is 24.7 Å². The van der Waals surface area contributed by atoms with Crippen molar-refractivity contribution in [1.29, 1.82) is 0 Å². The molecule has 32 heavy (non-hydrogen) atoms. The molecule has 2 unspecified atom stereocenters. The number of para-hydroxylation sites is 1. The second-order valence-electron chi connectivity index (χ2n) is 10.4. The first-order valence-electron chi connectivity index (χ1n) is 11.5. The van der Waals surface area contributed by atoms with Gasteiger partial charge in [-0.3, -0.25) is 4.79 Å². The molecule has 2 aromatic rings. The number of benzene rings is 1. The first-order valence-corrected chi connectivity index (χ1v) is 11.5. The van der Waals surface area contributed by atoms with Gasteiger partial charge in [-0.1, -0.05) is 32.0 Å². The molecule has 0 radical (unpaired) electrons. The van der Waals surface area contributed by atoms with E-state index in [2.05, 4.69) is 25.2 Å². The van der Waals surface area contributed by atoms with Crippen molar-refractivity contribution in [2.24, 2.45) is 23.7 Å². The van der Waals surface area contributed by atoms with Crippen LogP contribution < -0.4 is 5.32 Å². The Kier molecular flexibility index (Phi) is 6.01. The summed E-state index contributed by atoms with van der Waals surface area (Å²) in [7, 11) is 0. The summed E-state index contributed by atoms with van der Waals surface area (Å²) in [5, 5.41) is 7.83. The van der Waals surface area contributed by atoms with Crippen LogP contribution in [0, 0.1) is 23.7 Å². The van der Waals surface area contributed by atoms with Gasteiger partial charge in [0.05, 0.1) is 17.9 Å². The molecule has 1 aliphatic carbocycles. The number of ether oxygens (including phenoxy) is 1. The summed E-state index contributed by atoms with van der Waals surface area (Å²) < 4.78 is 7.42. The maximum Gasteiger partial charge on any atom is 0.410 e. The van der Waals surface area contributed by atoms with Crippen LogP contribution in [0.5, 0.6) is 0 Å². The topological polar surface area (TPSA) is 76.5 Å². The number of hydrogen-bond acceptors (Lipinski definition) is 4. The van der Waals surface area contributed by atoms with Gasteiger partial charge in [0.2, 0.25) is 5.91 Å². The zero-order valence-corrected chi connectivity index (χ0v) is 19.7. The van der Waals surface area contributed by atoms with E-state index in [0.29, 0.717) is 25.6 Å². The van der Waals surface area contributed by atoms with Crippen LogP contribution in [0.2, 0.25) is 0 Å². The molecule has 0 bridgehead atoms. The van der Waals surface area contributed by atoms with Crippen molar-refractivity contribution in [3.8, 4) is 5.69 Å². The maximum absolute atomic E-state index is 12.8. The number of carbonyl (C=O) groups is 2. The van der Waals surface area contributed by atoms with Gasteiger partial charge in [-0.25, -0.2) is 9.48 Å². The van der Waals surface area contributed by atoms with Crippen molar-refractivity contribution in [3.63, 3.8) is 0 Å². The normalized spacial score (nSPS) is 22.1. The van der Waals surface area contributed by atoms with Gasteiger partial charge in [-0.15, -0.1) is 0 Å². The van der Waals surface area contributed by atoms with Crippen LogP contribution in [-0.4, -0.2) is 45.4 Å². The van der Waals surface area contributed by atoms with Gasteiger partial charge in [0.1, 0.15) is 5.60 Å². The summed E-state index contributed by atoms with van der Waals surface area (Å²) in [6.45, 7) is 11.6. The molecule has 1 aliphatic heterocycles. The number of nitrogens with one attached hydrogen (secondary N) is 1. The van der Waals surface area contributed by atoms with Crippen molar-refractivity contribution in [2.45, 2.75) is 53.2 Å². The van der Waals surface area contributed by atoms with Crippen LogP contribution in [0.1, 0.15) is 46.0 Å². The highest BCUT2D eigenvalue weighted by Gasteiger charge is 2.60. The molecule has 172 valence electrons. The van der Waals surface area contributed by atoms with E-state index in [9.17, 15) is 9.59 Å². The molecule has 7 nitrogen and oxygen atoms in total. The van der Waals surface area contributed by atoms with Gasteiger partial charge < -0.3 is 15.0 Å². The Labute approximate surface area is 190 Å². The van der Waals surface area contributed by atoms with Crippen molar-refractivity contribution in [1.82, 2.24) is 20.0 Å². The van der Waals surface area contributed by atoms with Crippen molar-refractivity contribution in [3.05, 3.63) is 47.8 Å². The second kappa shape index (κ2) is 8.60. The van der Waals surface area contributed by atoms with E-state index >= 15 is 0 Å². The molecule has 2 heterocycles. The molecule has 2 fully saturated rings. The standard InChI is InChI=1S/C25H34N4O3/c1-16(2)11-19-12-17(27-29(19)18-9-7-6-8-10-18)13-26-23(30)22-20-14-28(15-21(20)22)24(31)32-25(3,4)5/h6-10,12,16,20-22H,11,13-15H2,1-5H3,(H,26,30). The molecule has 1 aromatic heterocycles. The summed E-state index contributed by atoms with van der Waals surface area (Å²) in [5.41, 5.74) is 2.53. The Morgan fingerprint density at radius 1 is 1.16 bits per heavy atom. The average Bonchev–Trinajstić information content (AvgIpc) is 3.04. The van der Waals surface area contributed by atoms with Gasteiger partial charge in [-0.2, -0.15) is 5.10 Å². The summed E-state index contributed by atoms with van der Waals surface area (Å²) in [6.07, 6.45) is 0.635. The lowest BCUT2D eigenvalue weighted by Gasteiger charge is -2.25. The lowest BCUT2D eigenvalue weighted by molar-refractivity contribution is -0.123. The molecule has 2 amide bonds. The third-order valence-corrected chi connectivity index (χ3v) is 6.04. The van der Waals surface area contributed by atoms with Crippen LogP contribution in [0.25, 0.3) is 5.69 Å². The minimum absolute atomic E-state index is 0.0139. The van der Waals surface area contributed by atoms with Gasteiger partial charge in [0.25, 0.3) is 0 Å². The SMILES string of the molecule is CC(C)Cc1cc(CNC(=O)C2C3CN(C(=O)OC(C)(C)C)CC32)nn1-c1ccccc1. The molecular formula is C25H34N4O3. The minimum Gasteiger partial charge on any atom is -0.444 e. The molecule has 2 aliphatic rings. The number of aromatic nitrogens is 2. The van der Waals surface area contributed by atoms with E-state index in [1.54, 1.807) is 4.90 Å². The number of amides is 2. The average molecular weight is 439 g/mol. The highest BCUT2D eigenvalue weighted by atomic mass is 16.6. The summed E-state index contributed by atoms with van der Waals surface area (Å²) in [6, 6.07) is 12.2. The Balaban J connectivity index is 1.33. The van der Waals surface area contributed by atoms with Crippen LogP contribution >= 0.6 is 0 Å². The highest BCUT2D eigenvalue weighted by molar-refractivity contribution is 5.83. The number of nitrogens with zero attached hydrogens (tertiary/aromatic N) is 3.